The number of fused-ring (bicyclic) bond motifs is 6. The first kappa shape index (κ1) is 30.5. The second-order valence-corrected chi connectivity index (χ2v) is 14.1. The van der Waals surface area contributed by atoms with E-state index >= 15 is 0 Å². The molecule has 0 aliphatic rings. The van der Waals surface area contributed by atoms with Gasteiger partial charge in [0.1, 0.15) is 0 Å². The Bertz CT molecular complexity index is 3150. The van der Waals surface area contributed by atoms with Crippen LogP contribution < -0.4 is 0 Å². The highest BCUT2D eigenvalue weighted by atomic mass is 14.6. The zero-order valence-corrected chi connectivity index (χ0v) is 29.4. The molecule has 0 aliphatic carbocycles. The average Bonchev–Trinajstić information content (AvgIpc) is 3.24. The third kappa shape index (κ3) is 4.67. The van der Waals surface area contributed by atoms with E-state index in [1.807, 2.05) is 24.8 Å². The van der Waals surface area contributed by atoms with Crippen LogP contribution in [-0.4, -0.2) is 9.97 Å². The zero-order valence-electron chi connectivity index (χ0n) is 29.4. The molecule has 250 valence electrons. The van der Waals surface area contributed by atoms with Crippen molar-refractivity contribution in [1.82, 2.24) is 9.97 Å². The summed E-state index contributed by atoms with van der Waals surface area (Å²) in [5, 5.41) is 14.5. The quantitative estimate of drug-likeness (QED) is 0.172. The highest BCUT2D eigenvalue weighted by molar-refractivity contribution is 6.24. The van der Waals surface area contributed by atoms with Gasteiger partial charge in [0.25, 0.3) is 0 Å². The molecule has 0 bridgehead atoms. The van der Waals surface area contributed by atoms with Crippen LogP contribution in [0.4, 0.5) is 0 Å². The van der Waals surface area contributed by atoms with Crippen molar-refractivity contribution in [3.05, 3.63) is 195 Å². The number of nitrogens with zero attached hydrogens (tertiary/aromatic N) is 2. The molecule has 0 saturated carbocycles. The maximum atomic E-state index is 4.68. The largest absolute Gasteiger partial charge is 0.264 e. The molecule has 0 unspecified atom stereocenters. The predicted octanol–water partition coefficient (Wildman–Crippen LogP) is 14.1. The first-order valence-electron chi connectivity index (χ1n) is 18.5. The fourth-order valence-electron chi connectivity index (χ4n) is 8.87. The molecule has 9 aromatic carbocycles. The van der Waals surface area contributed by atoms with Gasteiger partial charge in [-0.15, -0.1) is 0 Å². The lowest BCUT2D eigenvalue weighted by Gasteiger charge is -2.19. The van der Waals surface area contributed by atoms with Gasteiger partial charge in [-0.05, 0) is 123 Å². The van der Waals surface area contributed by atoms with Crippen LogP contribution in [0.25, 0.3) is 109 Å². The Kier molecular flexibility index (Phi) is 6.90. The lowest BCUT2D eigenvalue weighted by atomic mass is 9.84. The molecule has 0 atom stereocenters. The van der Waals surface area contributed by atoms with Gasteiger partial charge in [0, 0.05) is 35.6 Å². The van der Waals surface area contributed by atoms with Crippen LogP contribution in [-0.2, 0) is 0 Å². The molecule has 0 spiro atoms. The maximum Gasteiger partial charge on any atom is 0.0353 e. The van der Waals surface area contributed by atoms with Crippen LogP contribution in [0.15, 0.2) is 195 Å². The predicted molar refractivity (Wildman–Crippen MR) is 229 cm³/mol. The van der Waals surface area contributed by atoms with Crippen molar-refractivity contribution in [3.8, 4) is 44.5 Å². The first-order chi connectivity index (χ1) is 26.8. The Morgan fingerprint density at radius 1 is 0.259 bits per heavy atom. The minimum atomic E-state index is 1.15. The Balaban J connectivity index is 1.12. The molecule has 2 heterocycles. The van der Waals surface area contributed by atoms with Gasteiger partial charge in [0.2, 0.25) is 0 Å². The lowest BCUT2D eigenvalue weighted by molar-refractivity contribution is 1.37. The van der Waals surface area contributed by atoms with Crippen LogP contribution in [0.5, 0.6) is 0 Å². The fraction of sp³-hybridized carbons (Fsp3) is 0. The Hall–Kier alpha value is -7.16. The standard InChI is InChI=1S/C52H32N2/c1-2-12-34(13-3-1)49-41-16-6-7-17-42(41)50(47-31-53-27-25-45(47)49)37-23-21-36-30-38(24-22-35(36)29-37)51-43-18-8-9-19-44(43)52(46-26-28-54-32-48(46)51)40-20-10-14-33-11-4-5-15-39(33)40/h1-32H. The van der Waals surface area contributed by atoms with Gasteiger partial charge >= 0.3 is 0 Å². The Labute approximate surface area is 312 Å². The molecule has 0 N–H and O–H groups in total. The van der Waals surface area contributed by atoms with Gasteiger partial charge in [0.05, 0.1) is 0 Å². The van der Waals surface area contributed by atoms with Crippen LogP contribution in [0.2, 0.25) is 0 Å². The number of pyridine rings is 2. The van der Waals surface area contributed by atoms with Crippen molar-refractivity contribution in [2.75, 3.05) is 0 Å². The summed E-state index contributed by atoms with van der Waals surface area (Å²) in [6.07, 6.45) is 7.91. The van der Waals surface area contributed by atoms with Crippen LogP contribution in [0, 0.1) is 0 Å². The van der Waals surface area contributed by atoms with E-state index in [2.05, 4.69) is 180 Å². The van der Waals surface area contributed by atoms with Gasteiger partial charge in [-0.2, -0.15) is 0 Å². The average molecular weight is 685 g/mol. The van der Waals surface area contributed by atoms with Crippen LogP contribution in [0.1, 0.15) is 0 Å². The molecule has 0 amide bonds. The SMILES string of the molecule is c1ccc(-c2c3ccccc3c(-c3ccc4cc(-c5c6ccccc6c(-c6cccc7ccccc67)c6ccncc56)ccc4c3)c3cnccc23)cc1. The van der Waals surface area contributed by atoms with E-state index in [9.17, 15) is 0 Å². The van der Waals surface area contributed by atoms with E-state index in [-0.39, 0.29) is 0 Å². The molecule has 0 fully saturated rings. The monoisotopic (exact) mass is 684 g/mol. The number of hydrogen-bond acceptors (Lipinski definition) is 2. The maximum absolute atomic E-state index is 4.68. The second-order valence-electron chi connectivity index (χ2n) is 14.1. The highest BCUT2D eigenvalue weighted by Crippen LogP contribution is 2.47. The number of aromatic nitrogens is 2. The molecule has 11 rings (SSSR count). The van der Waals surface area contributed by atoms with Crippen molar-refractivity contribution >= 4 is 64.6 Å². The molecular weight excluding hydrogens is 653 g/mol. The summed E-state index contributed by atoms with van der Waals surface area (Å²) in [4.78, 5) is 9.31. The molecule has 11 aromatic rings. The molecular formula is C52H32N2. The van der Waals surface area contributed by atoms with Crippen molar-refractivity contribution in [2.45, 2.75) is 0 Å². The van der Waals surface area contributed by atoms with Crippen molar-refractivity contribution in [1.29, 1.82) is 0 Å². The van der Waals surface area contributed by atoms with Gasteiger partial charge in [-0.25, -0.2) is 0 Å². The molecule has 54 heavy (non-hydrogen) atoms. The van der Waals surface area contributed by atoms with Crippen LogP contribution >= 0.6 is 0 Å². The molecule has 2 aromatic heterocycles. The highest BCUT2D eigenvalue weighted by Gasteiger charge is 2.20. The van der Waals surface area contributed by atoms with E-state index in [1.54, 1.807) is 0 Å². The van der Waals surface area contributed by atoms with Crippen LogP contribution in [0.3, 0.4) is 0 Å². The van der Waals surface area contributed by atoms with Crippen molar-refractivity contribution in [2.24, 2.45) is 0 Å². The number of benzene rings is 9. The second kappa shape index (κ2) is 12.2. The van der Waals surface area contributed by atoms with Crippen molar-refractivity contribution < 1.29 is 0 Å². The summed E-state index contributed by atoms with van der Waals surface area (Å²) in [7, 11) is 0. The minimum Gasteiger partial charge on any atom is -0.264 e. The number of rotatable bonds is 4. The van der Waals surface area contributed by atoms with Gasteiger partial charge in [0.15, 0.2) is 0 Å². The smallest absolute Gasteiger partial charge is 0.0353 e. The number of hydrogen-bond donors (Lipinski definition) is 0. The zero-order chi connectivity index (χ0) is 35.6. The molecule has 0 aliphatic heterocycles. The van der Waals surface area contributed by atoms with E-state index in [0.29, 0.717) is 0 Å². The van der Waals surface area contributed by atoms with Gasteiger partial charge in [-0.1, -0.05) is 146 Å². The molecule has 0 saturated heterocycles. The van der Waals surface area contributed by atoms with E-state index < -0.39 is 0 Å². The summed E-state index contributed by atoms with van der Waals surface area (Å²) in [6.45, 7) is 0. The lowest BCUT2D eigenvalue weighted by Crippen LogP contribution is -1.93. The third-order valence-electron chi connectivity index (χ3n) is 11.2. The summed E-state index contributed by atoms with van der Waals surface area (Å²) < 4.78 is 0. The fourth-order valence-corrected chi connectivity index (χ4v) is 8.87. The Morgan fingerprint density at radius 3 is 1.30 bits per heavy atom. The minimum absolute atomic E-state index is 1.15. The van der Waals surface area contributed by atoms with E-state index in [1.165, 1.54) is 98.4 Å². The summed E-state index contributed by atoms with van der Waals surface area (Å²) in [5.41, 5.74) is 9.74. The van der Waals surface area contributed by atoms with E-state index in [4.69, 9.17) is 0 Å². The summed E-state index contributed by atoms with van der Waals surface area (Å²) in [5.74, 6) is 0. The topological polar surface area (TPSA) is 25.8 Å². The first-order valence-corrected chi connectivity index (χ1v) is 18.5. The van der Waals surface area contributed by atoms with Gasteiger partial charge < -0.3 is 0 Å². The summed E-state index contributed by atoms with van der Waals surface area (Å²) in [6, 6.07) is 61.8. The summed E-state index contributed by atoms with van der Waals surface area (Å²) >= 11 is 0. The van der Waals surface area contributed by atoms with Crippen molar-refractivity contribution in [3.63, 3.8) is 0 Å². The molecule has 0 radical (unpaired) electrons. The van der Waals surface area contributed by atoms with E-state index in [0.717, 1.165) is 10.8 Å². The molecule has 2 heteroatoms. The third-order valence-corrected chi connectivity index (χ3v) is 11.2. The van der Waals surface area contributed by atoms with Gasteiger partial charge in [-0.3, -0.25) is 9.97 Å². The Morgan fingerprint density at radius 2 is 0.704 bits per heavy atom. The normalized spacial score (nSPS) is 11.7. The molecule has 2 nitrogen and oxygen atoms in total.